The molecule has 1 heterocycles. The van der Waals surface area contributed by atoms with Gasteiger partial charge in [-0.15, -0.1) is 11.6 Å². The molecule has 0 fully saturated rings. The summed E-state index contributed by atoms with van der Waals surface area (Å²) in [6.07, 6.45) is 1.89. The lowest BCUT2D eigenvalue weighted by molar-refractivity contribution is 0.0697. The molecule has 2 aromatic carbocycles. The number of aromatic carboxylic acids is 1. The summed E-state index contributed by atoms with van der Waals surface area (Å²) in [6.45, 7) is 0.409. The number of rotatable bonds is 2. The van der Waals surface area contributed by atoms with Crippen molar-refractivity contribution in [3.8, 4) is 5.75 Å². The Balaban J connectivity index is 2.24. The number of hydrogen-bond donors (Lipinski definition) is 1. The van der Waals surface area contributed by atoms with Crippen molar-refractivity contribution in [1.82, 2.24) is 0 Å². The van der Waals surface area contributed by atoms with Gasteiger partial charge in [0.1, 0.15) is 12.4 Å². The minimum absolute atomic E-state index is 0.258. The summed E-state index contributed by atoms with van der Waals surface area (Å²) < 4.78 is 5.82. The zero-order valence-corrected chi connectivity index (χ0v) is 11.9. The van der Waals surface area contributed by atoms with Crippen LogP contribution in [-0.2, 0) is 6.61 Å². The van der Waals surface area contributed by atoms with Crippen LogP contribution < -0.4 is 4.74 Å². The first-order valence-corrected chi connectivity index (χ1v) is 7.09. The van der Waals surface area contributed by atoms with Gasteiger partial charge in [-0.05, 0) is 34.9 Å². The maximum Gasteiger partial charge on any atom is 0.335 e. The van der Waals surface area contributed by atoms with Gasteiger partial charge >= 0.3 is 5.97 Å². The zero-order chi connectivity index (χ0) is 14.8. The molecule has 0 aliphatic carbocycles. The summed E-state index contributed by atoms with van der Waals surface area (Å²) in [7, 11) is 0. The molecule has 4 heteroatoms. The van der Waals surface area contributed by atoms with E-state index in [1.807, 2.05) is 30.3 Å². The lowest BCUT2D eigenvalue weighted by Gasteiger charge is -2.10. The van der Waals surface area contributed by atoms with E-state index in [0.29, 0.717) is 12.5 Å². The fraction of sp³-hybridized carbons (Fsp3) is 0.118. The number of carbonyl (C=O) groups is 1. The molecule has 0 atom stereocenters. The van der Waals surface area contributed by atoms with Crippen molar-refractivity contribution in [2.45, 2.75) is 6.61 Å². The molecule has 0 aromatic heterocycles. The second kappa shape index (κ2) is 5.62. The average Bonchev–Trinajstić information content (AvgIpc) is 2.65. The third-order valence-electron chi connectivity index (χ3n) is 3.49. The number of alkyl halides is 1. The van der Waals surface area contributed by atoms with E-state index in [1.165, 1.54) is 0 Å². The van der Waals surface area contributed by atoms with Crippen LogP contribution in [0, 0.1) is 0 Å². The molecule has 0 saturated heterocycles. The topological polar surface area (TPSA) is 46.5 Å². The highest BCUT2D eigenvalue weighted by molar-refractivity contribution is 6.19. The molecule has 106 valence electrons. The number of carboxylic acid groups (broad SMARTS) is 1. The maximum atomic E-state index is 11.2. The Bertz CT molecular complexity index is 735. The molecule has 21 heavy (non-hydrogen) atoms. The van der Waals surface area contributed by atoms with Crippen molar-refractivity contribution in [1.29, 1.82) is 0 Å². The lowest BCUT2D eigenvalue weighted by atomic mass is 9.93. The van der Waals surface area contributed by atoms with E-state index < -0.39 is 5.97 Å². The normalized spacial score (nSPS) is 14.8. The Hall–Kier alpha value is -2.26. The Morgan fingerprint density at radius 2 is 2.05 bits per heavy atom. The van der Waals surface area contributed by atoms with Gasteiger partial charge in [0.15, 0.2) is 0 Å². The van der Waals surface area contributed by atoms with Crippen LogP contribution in [0.5, 0.6) is 5.75 Å². The third-order valence-corrected chi connectivity index (χ3v) is 3.64. The quantitative estimate of drug-likeness (QED) is 0.854. The monoisotopic (exact) mass is 300 g/mol. The van der Waals surface area contributed by atoms with E-state index in [-0.39, 0.29) is 5.56 Å². The van der Waals surface area contributed by atoms with E-state index in [9.17, 15) is 9.90 Å². The van der Waals surface area contributed by atoms with E-state index in [2.05, 4.69) is 0 Å². The van der Waals surface area contributed by atoms with Crippen molar-refractivity contribution in [3.05, 3.63) is 70.8 Å². The molecule has 0 unspecified atom stereocenters. The third kappa shape index (κ3) is 2.52. The minimum Gasteiger partial charge on any atom is -0.488 e. The van der Waals surface area contributed by atoms with Crippen molar-refractivity contribution in [2.24, 2.45) is 0 Å². The highest BCUT2D eigenvalue weighted by Gasteiger charge is 2.20. The number of ether oxygens (including phenoxy) is 1. The van der Waals surface area contributed by atoms with E-state index in [1.54, 1.807) is 18.2 Å². The molecule has 0 saturated carbocycles. The van der Waals surface area contributed by atoms with Gasteiger partial charge in [-0.2, -0.15) is 0 Å². The highest BCUT2D eigenvalue weighted by atomic mass is 35.5. The SMILES string of the molecule is O=C(O)c1ccc2c(c1)/C(=C\CCl)c1ccccc1OC2. The van der Waals surface area contributed by atoms with Crippen LogP contribution in [0.2, 0.25) is 0 Å². The van der Waals surface area contributed by atoms with Crippen molar-refractivity contribution >= 4 is 23.1 Å². The van der Waals surface area contributed by atoms with Crippen LogP contribution in [0.15, 0.2) is 48.5 Å². The Kier molecular flexibility index (Phi) is 3.67. The smallest absolute Gasteiger partial charge is 0.335 e. The number of halogens is 1. The number of fused-ring (bicyclic) bond motifs is 2. The van der Waals surface area contributed by atoms with Crippen molar-refractivity contribution in [2.75, 3.05) is 5.88 Å². The van der Waals surface area contributed by atoms with Crippen LogP contribution in [0.3, 0.4) is 0 Å². The summed E-state index contributed by atoms with van der Waals surface area (Å²) in [5.74, 6) is 0.184. The average molecular weight is 301 g/mol. The van der Waals surface area contributed by atoms with E-state index in [0.717, 1.165) is 28.0 Å². The van der Waals surface area contributed by atoms with Gasteiger partial charge < -0.3 is 9.84 Å². The molecule has 3 nitrogen and oxygen atoms in total. The molecule has 1 aliphatic rings. The molecule has 0 spiro atoms. The Labute approximate surface area is 127 Å². The summed E-state index contributed by atoms with van der Waals surface area (Å²) in [4.78, 5) is 11.2. The highest BCUT2D eigenvalue weighted by Crippen LogP contribution is 2.37. The molecule has 0 bridgehead atoms. The molecule has 0 radical (unpaired) electrons. The molecule has 1 aliphatic heterocycles. The molecule has 1 N–H and O–H groups in total. The van der Waals surface area contributed by atoms with Crippen LogP contribution in [-0.4, -0.2) is 17.0 Å². The molecule has 2 aromatic rings. The first kappa shape index (κ1) is 13.7. The van der Waals surface area contributed by atoms with Gasteiger partial charge in [0, 0.05) is 11.4 Å². The predicted octanol–water partition coefficient (Wildman–Crippen LogP) is 3.95. The largest absolute Gasteiger partial charge is 0.488 e. The van der Waals surface area contributed by atoms with E-state index >= 15 is 0 Å². The number of hydrogen-bond acceptors (Lipinski definition) is 2. The fourth-order valence-corrected chi connectivity index (χ4v) is 2.65. The second-order valence-corrected chi connectivity index (χ2v) is 5.04. The first-order chi connectivity index (χ1) is 10.2. The molecular formula is C17H13ClO3. The molecular weight excluding hydrogens is 288 g/mol. The molecule has 3 rings (SSSR count). The standard InChI is InChI=1S/C17H13ClO3/c18-8-7-13-14-3-1-2-4-16(14)21-10-12-6-5-11(17(19)20)9-15(12)13/h1-7,9H,8,10H2,(H,19,20)/b13-7-. The van der Waals surface area contributed by atoms with Gasteiger partial charge in [0.25, 0.3) is 0 Å². The summed E-state index contributed by atoms with van der Waals surface area (Å²) in [5, 5.41) is 9.19. The summed E-state index contributed by atoms with van der Waals surface area (Å²) in [5.41, 5.74) is 3.91. The van der Waals surface area contributed by atoms with Gasteiger partial charge in [-0.1, -0.05) is 30.3 Å². The lowest BCUT2D eigenvalue weighted by Crippen LogP contribution is -2.01. The van der Waals surface area contributed by atoms with Crippen molar-refractivity contribution < 1.29 is 14.6 Å². The van der Waals surface area contributed by atoms with Crippen LogP contribution in [0.4, 0.5) is 0 Å². The van der Waals surface area contributed by atoms with E-state index in [4.69, 9.17) is 16.3 Å². The van der Waals surface area contributed by atoms with Gasteiger partial charge in [0.05, 0.1) is 5.56 Å². The maximum absolute atomic E-state index is 11.2. The number of carboxylic acids is 1. The van der Waals surface area contributed by atoms with Crippen LogP contribution in [0.25, 0.3) is 5.57 Å². The Morgan fingerprint density at radius 1 is 1.24 bits per heavy atom. The minimum atomic E-state index is -0.943. The molecule has 0 amide bonds. The number of allylic oxidation sites excluding steroid dienone is 1. The first-order valence-electron chi connectivity index (χ1n) is 6.55. The summed E-state index contributed by atoms with van der Waals surface area (Å²) in [6, 6.07) is 12.8. The van der Waals surface area contributed by atoms with Crippen molar-refractivity contribution in [3.63, 3.8) is 0 Å². The Morgan fingerprint density at radius 3 is 2.81 bits per heavy atom. The van der Waals surface area contributed by atoms with Gasteiger partial charge in [-0.25, -0.2) is 4.79 Å². The number of para-hydroxylation sites is 1. The van der Waals surface area contributed by atoms with Gasteiger partial charge in [-0.3, -0.25) is 0 Å². The second-order valence-electron chi connectivity index (χ2n) is 4.73. The van der Waals surface area contributed by atoms with Gasteiger partial charge in [0.2, 0.25) is 0 Å². The predicted molar refractivity (Wildman–Crippen MR) is 82.0 cm³/mol. The summed E-state index contributed by atoms with van der Waals surface area (Å²) >= 11 is 5.89. The fourth-order valence-electron chi connectivity index (χ4n) is 2.50. The number of benzene rings is 2. The zero-order valence-electron chi connectivity index (χ0n) is 11.2. The van der Waals surface area contributed by atoms with Crippen LogP contribution >= 0.6 is 11.6 Å². The van der Waals surface area contributed by atoms with Crippen LogP contribution in [0.1, 0.15) is 27.0 Å².